The van der Waals surface area contributed by atoms with E-state index in [9.17, 15) is 0 Å². The molecular formula is C17H27NO. The molecule has 0 spiro atoms. The summed E-state index contributed by atoms with van der Waals surface area (Å²) in [6.07, 6.45) is 1.28. The molecule has 0 radical (unpaired) electrons. The zero-order valence-corrected chi connectivity index (χ0v) is 13.1. The number of fused-ring (bicyclic) bond motifs is 1. The molecule has 1 aromatic carbocycles. The zero-order valence-electron chi connectivity index (χ0n) is 13.1. The van der Waals surface area contributed by atoms with Gasteiger partial charge in [-0.15, -0.1) is 0 Å². The monoisotopic (exact) mass is 261 g/mol. The topological polar surface area (TPSA) is 21.3 Å². The number of benzene rings is 1. The Balaban J connectivity index is 2.56. The van der Waals surface area contributed by atoms with Crippen LogP contribution in [0, 0.1) is 0 Å². The molecule has 2 unspecified atom stereocenters. The molecule has 1 aliphatic heterocycles. The summed E-state index contributed by atoms with van der Waals surface area (Å²) in [7, 11) is 0. The van der Waals surface area contributed by atoms with Crippen LogP contribution in [0.3, 0.4) is 0 Å². The molecular weight excluding hydrogens is 234 g/mol. The maximum atomic E-state index is 6.17. The van der Waals surface area contributed by atoms with Gasteiger partial charge in [0, 0.05) is 11.1 Å². The lowest BCUT2D eigenvalue weighted by molar-refractivity contribution is 0.207. The highest BCUT2D eigenvalue weighted by atomic mass is 16.5. The van der Waals surface area contributed by atoms with Crippen LogP contribution in [0.4, 0.5) is 0 Å². The molecule has 106 valence electrons. The second kappa shape index (κ2) is 5.16. The maximum Gasteiger partial charge on any atom is 0.128 e. The molecule has 2 atom stereocenters. The summed E-state index contributed by atoms with van der Waals surface area (Å²) in [6, 6.07) is 4.97. The molecule has 1 aromatic rings. The van der Waals surface area contributed by atoms with Crippen molar-refractivity contribution < 1.29 is 4.74 Å². The average Bonchev–Trinajstić information content (AvgIpc) is 2.64. The molecule has 0 fully saturated rings. The number of hydrogen-bond donors (Lipinski definition) is 1. The Morgan fingerprint density at radius 1 is 1.21 bits per heavy atom. The Morgan fingerprint density at radius 3 is 2.42 bits per heavy atom. The first-order chi connectivity index (χ1) is 8.88. The fourth-order valence-corrected chi connectivity index (χ4v) is 2.84. The first-order valence-corrected chi connectivity index (χ1v) is 7.45. The van der Waals surface area contributed by atoms with Gasteiger partial charge in [0.25, 0.3) is 0 Å². The molecule has 19 heavy (non-hydrogen) atoms. The third-order valence-corrected chi connectivity index (χ3v) is 3.93. The van der Waals surface area contributed by atoms with Crippen LogP contribution < -0.4 is 10.1 Å². The van der Waals surface area contributed by atoms with Crippen molar-refractivity contribution in [1.29, 1.82) is 0 Å². The lowest BCUT2D eigenvalue weighted by Crippen LogP contribution is -2.28. The van der Waals surface area contributed by atoms with E-state index >= 15 is 0 Å². The van der Waals surface area contributed by atoms with Gasteiger partial charge in [-0.2, -0.15) is 0 Å². The van der Waals surface area contributed by atoms with Crippen LogP contribution in [0.25, 0.3) is 0 Å². The van der Waals surface area contributed by atoms with Gasteiger partial charge in [-0.1, -0.05) is 46.8 Å². The fraction of sp³-hybridized carbons (Fsp3) is 0.647. The van der Waals surface area contributed by atoms with Gasteiger partial charge in [0.05, 0.1) is 6.04 Å². The summed E-state index contributed by atoms with van der Waals surface area (Å²) in [4.78, 5) is 0. The molecule has 0 bridgehead atoms. The summed E-state index contributed by atoms with van der Waals surface area (Å²) >= 11 is 0. The van der Waals surface area contributed by atoms with E-state index in [-0.39, 0.29) is 11.5 Å². The Labute approximate surface area is 117 Å². The van der Waals surface area contributed by atoms with Crippen molar-refractivity contribution in [1.82, 2.24) is 5.32 Å². The van der Waals surface area contributed by atoms with Gasteiger partial charge in [-0.25, -0.2) is 0 Å². The molecule has 0 aliphatic carbocycles. The molecule has 1 heterocycles. The van der Waals surface area contributed by atoms with Crippen LogP contribution in [0.5, 0.6) is 5.75 Å². The van der Waals surface area contributed by atoms with Gasteiger partial charge < -0.3 is 10.1 Å². The smallest absolute Gasteiger partial charge is 0.128 e. The summed E-state index contributed by atoms with van der Waals surface area (Å²) in [5.74, 6) is 1.11. The first kappa shape index (κ1) is 14.4. The van der Waals surface area contributed by atoms with Crippen molar-refractivity contribution in [3.63, 3.8) is 0 Å². The highest BCUT2D eigenvalue weighted by Crippen LogP contribution is 2.44. The van der Waals surface area contributed by atoms with Crippen molar-refractivity contribution in [2.75, 3.05) is 6.54 Å². The number of likely N-dealkylation sites (N-methyl/N-ethyl adjacent to an activating group) is 1. The quantitative estimate of drug-likeness (QED) is 0.888. The second-order valence-electron chi connectivity index (χ2n) is 6.52. The molecule has 0 amide bonds. The van der Waals surface area contributed by atoms with E-state index in [0.29, 0.717) is 6.04 Å². The predicted octanol–water partition coefficient (Wildman–Crippen LogP) is 3.98. The van der Waals surface area contributed by atoms with Crippen molar-refractivity contribution in [2.45, 2.75) is 65.5 Å². The van der Waals surface area contributed by atoms with Crippen molar-refractivity contribution in [3.05, 3.63) is 28.8 Å². The first-order valence-electron chi connectivity index (χ1n) is 7.45. The predicted molar refractivity (Wildman–Crippen MR) is 81.0 cm³/mol. The van der Waals surface area contributed by atoms with Crippen LogP contribution in [-0.2, 0) is 11.8 Å². The summed E-state index contributed by atoms with van der Waals surface area (Å²) < 4.78 is 6.17. The Kier molecular flexibility index (Phi) is 3.91. The van der Waals surface area contributed by atoms with Crippen molar-refractivity contribution in [3.8, 4) is 5.75 Å². The van der Waals surface area contributed by atoms with E-state index in [1.807, 2.05) is 0 Å². The number of rotatable bonds is 3. The molecule has 2 nitrogen and oxygen atoms in total. The van der Waals surface area contributed by atoms with Gasteiger partial charge in [0.15, 0.2) is 0 Å². The Bertz CT molecular complexity index is 459. The third-order valence-electron chi connectivity index (χ3n) is 3.93. The van der Waals surface area contributed by atoms with Gasteiger partial charge in [-0.05, 0) is 30.9 Å². The van der Waals surface area contributed by atoms with E-state index in [4.69, 9.17) is 4.74 Å². The van der Waals surface area contributed by atoms with Gasteiger partial charge in [0.2, 0.25) is 0 Å². The summed E-state index contributed by atoms with van der Waals surface area (Å²) in [6.45, 7) is 14.3. The molecule has 0 saturated heterocycles. The minimum atomic E-state index is 0.121. The largest absolute Gasteiger partial charge is 0.488 e. The molecule has 0 aromatic heterocycles. The van der Waals surface area contributed by atoms with E-state index in [2.05, 4.69) is 59.0 Å². The van der Waals surface area contributed by atoms with Crippen LogP contribution >= 0.6 is 0 Å². The lowest BCUT2D eigenvalue weighted by Gasteiger charge is -2.23. The van der Waals surface area contributed by atoms with E-state index in [1.165, 1.54) is 16.7 Å². The SMILES string of the molecule is CCNC1c2cc(CC)cc(C(C)(C)C)c2OC1C. The van der Waals surface area contributed by atoms with Crippen molar-refractivity contribution in [2.24, 2.45) is 0 Å². The van der Waals surface area contributed by atoms with Gasteiger partial charge in [0.1, 0.15) is 11.9 Å². The van der Waals surface area contributed by atoms with E-state index in [1.54, 1.807) is 0 Å². The minimum Gasteiger partial charge on any atom is -0.488 e. The standard InChI is InChI=1S/C17H27NO/c1-7-12-9-13-15(18-8-2)11(3)19-16(13)14(10-12)17(4,5)6/h9-11,15,18H,7-8H2,1-6H3. The highest BCUT2D eigenvalue weighted by molar-refractivity contribution is 5.52. The third kappa shape index (κ3) is 2.64. The maximum absolute atomic E-state index is 6.17. The Morgan fingerprint density at radius 2 is 1.89 bits per heavy atom. The van der Waals surface area contributed by atoms with Crippen LogP contribution in [0.15, 0.2) is 12.1 Å². The number of aryl methyl sites for hydroxylation is 1. The molecule has 2 rings (SSSR count). The second-order valence-corrected chi connectivity index (χ2v) is 6.52. The van der Waals surface area contributed by atoms with Gasteiger partial charge >= 0.3 is 0 Å². The minimum absolute atomic E-state index is 0.121. The van der Waals surface area contributed by atoms with E-state index in [0.717, 1.165) is 18.7 Å². The molecule has 0 saturated carbocycles. The Hall–Kier alpha value is -1.02. The average molecular weight is 261 g/mol. The van der Waals surface area contributed by atoms with Crippen LogP contribution in [0.1, 0.15) is 64.3 Å². The normalized spacial score (nSPS) is 22.2. The lowest BCUT2D eigenvalue weighted by atomic mass is 9.83. The number of nitrogens with one attached hydrogen (secondary N) is 1. The summed E-state index contributed by atoms with van der Waals surface area (Å²) in [5.41, 5.74) is 4.22. The van der Waals surface area contributed by atoms with E-state index < -0.39 is 0 Å². The number of ether oxygens (including phenoxy) is 1. The number of hydrogen-bond acceptors (Lipinski definition) is 2. The van der Waals surface area contributed by atoms with Crippen LogP contribution in [0.2, 0.25) is 0 Å². The van der Waals surface area contributed by atoms with Crippen LogP contribution in [-0.4, -0.2) is 12.6 Å². The van der Waals surface area contributed by atoms with Gasteiger partial charge in [-0.3, -0.25) is 0 Å². The molecule has 1 N–H and O–H groups in total. The molecule has 1 aliphatic rings. The highest BCUT2D eigenvalue weighted by Gasteiger charge is 2.35. The molecule has 2 heteroatoms. The zero-order chi connectivity index (χ0) is 14.2. The fourth-order valence-electron chi connectivity index (χ4n) is 2.84. The van der Waals surface area contributed by atoms with Crippen molar-refractivity contribution >= 4 is 0 Å². The summed E-state index contributed by atoms with van der Waals surface area (Å²) in [5, 5.41) is 3.56.